The van der Waals surface area contributed by atoms with Gasteiger partial charge in [-0.2, -0.15) is 17.6 Å². The first-order chi connectivity index (χ1) is 14.8. The molecule has 0 saturated heterocycles. The fraction of sp³-hybridized carbons (Fsp3) is 0.200. The predicted molar refractivity (Wildman–Crippen MR) is 99.9 cm³/mol. The number of hydrogen-bond acceptors (Lipinski definition) is 7. The van der Waals surface area contributed by atoms with Gasteiger partial charge < -0.3 is 23.7 Å². The van der Waals surface area contributed by atoms with E-state index in [2.05, 4.69) is 14.5 Å². The predicted octanol–water partition coefficient (Wildman–Crippen LogP) is 4.25. The Labute approximate surface area is 173 Å². The number of carbonyl (C=O) groups excluding carboxylic acids is 1. The topological polar surface area (TPSA) is 75.6 Å². The summed E-state index contributed by atoms with van der Waals surface area (Å²) in [6.07, 6.45) is 1.20. The summed E-state index contributed by atoms with van der Waals surface area (Å²) in [5, 5.41) is 0. The number of hydrogen-bond donors (Lipinski definition) is 0. The first-order valence-electron chi connectivity index (χ1n) is 8.60. The van der Waals surface area contributed by atoms with Crippen molar-refractivity contribution in [2.24, 2.45) is 4.99 Å². The summed E-state index contributed by atoms with van der Waals surface area (Å²) in [6.45, 7) is -6.17. The summed E-state index contributed by atoms with van der Waals surface area (Å²) in [7, 11) is 2.53. The molecule has 1 aliphatic rings. The van der Waals surface area contributed by atoms with Crippen LogP contribution >= 0.6 is 0 Å². The van der Waals surface area contributed by atoms with Crippen molar-refractivity contribution in [2.45, 2.75) is 13.2 Å². The highest BCUT2D eigenvalue weighted by Crippen LogP contribution is 2.35. The fourth-order valence-corrected chi connectivity index (χ4v) is 2.70. The molecule has 0 bridgehead atoms. The van der Waals surface area contributed by atoms with Gasteiger partial charge in [0, 0.05) is 11.1 Å². The van der Waals surface area contributed by atoms with Crippen molar-refractivity contribution in [1.82, 2.24) is 0 Å². The second-order valence-electron chi connectivity index (χ2n) is 5.84. The van der Waals surface area contributed by atoms with E-state index in [1.165, 1.54) is 56.7 Å². The number of esters is 1. The third-order valence-corrected chi connectivity index (χ3v) is 3.98. The zero-order chi connectivity index (χ0) is 22.5. The third-order valence-electron chi connectivity index (χ3n) is 3.98. The van der Waals surface area contributed by atoms with Gasteiger partial charge in [-0.25, -0.2) is 9.79 Å². The van der Waals surface area contributed by atoms with E-state index in [0.717, 1.165) is 0 Å². The zero-order valence-electron chi connectivity index (χ0n) is 16.1. The highest BCUT2D eigenvalue weighted by molar-refractivity contribution is 6.13. The van der Waals surface area contributed by atoms with Gasteiger partial charge in [-0.15, -0.1) is 0 Å². The van der Waals surface area contributed by atoms with Crippen molar-refractivity contribution in [1.29, 1.82) is 0 Å². The molecule has 11 heteroatoms. The lowest BCUT2D eigenvalue weighted by Crippen LogP contribution is -2.07. The average molecular weight is 441 g/mol. The van der Waals surface area contributed by atoms with E-state index < -0.39 is 19.2 Å². The molecule has 0 N–H and O–H groups in total. The van der Waals surface area contributed by atoms with E-state index in [-0.39, 0.29) is 45.7 Å². The smallest absolute Gasteiger partial charge is 0.387 e. The average Bonchev–Trinajstić information content (AvgIpc) is 3.09. The molecule has 7 nitrogen and oxygen atoms in total. The highest BCUT2D eigenvalue weighted by Gasteiger charge is 2.26. The van der Waals surface area contributed by atoms with Gasteiger partial charge >= 0.3 is 19.2 Å². The van der Waals surface area contributed by atoms with Gasteiger partial charge in [0.1, 0.15) is 0 Å². The van der Waals surface area contributed by atoms with Gasteiger partial charge in [0.2, 0.25) is 5.90 Å². The van der Waals surface area contributed by atoms with Crippen LogP contribution in [0.3, 0.4) is 0 Å². The van der Waals surface area contributed by atoms with Crippen molar-refractivity contribution >= 4 is 17.9 Å². The molecular formula is C20H15F4NO6. The molecule has 0 spiro atoms. The largest absolute Gasteiger partial charge is 0.493 e. The number of aliphatic imine (C=N–C) groups is 1. The van der Waals surface area contributed by atoms with E-state index in [9.17, 15) is 22.4 Å². The van der Waals surface area contributed by atoms with Crippen LogP contribution < -0.4 is 18.9 Å². The first kappa shape index (κ1) is 21.9. The molecule has 2 aromatic carbocycles. The summed E-state index contributed by atoms with van der Waals surface area (Å²) in [5.41, 5.74) is 0.147. The molecule has 0 aliphatic carbocycles. The Balaban J connectivity index is 1.97. The van der Waals surface area contributed by atoms with Crippen LogP contribution in [0.4, 0.5) is 17.6 Å². The zero-order valence-corrected chi connectivity index (χ0v) is 16.1. The van der Waals surface area contributed by atoms with Crippen LogP contribution in [-0.4, -0.2) is 39.3 Å². The van der Waals surface area contributed by atoms with E-state index >= 15 is 0 Å². The number of halogens is 4. The molecular weight excluding hydrogens is 426 g/mol. The summed E-state index contributed by atoms with van der Waals surface area (Å²) in [5.74, 6) is -1.49. The Morgan fingerprint density at radius 1 is 0.935 bits per heavy atom. The maximum absolute atomic E-state index is 12.8. The maximum Gasteiger partial charge on any atom is 0.387 e. The van der Waals surface area contributed by atoms with Crippen molar-refractivity contribution < 1.29 is 46.0 Å². The standard InChI is InChI=1S/C20H15F4NO6/c1-27-14-5-3-4-10(16(14)30-20(23)24)8-12-18(26)31-17(25-12)11-6-7-13(29-19(21)22)15(9-11)28-2/h3-9,19-20H,1-2H3. The first-order valence-corrected chi connectivity index (χ1v) is 8.60. The van der Waals surface area contributed by atoms with Crippen LogP contribution in [0.15, 0.2) is 47.1 Å². The van der Waals surface area contributed by atoms with Crippen molar-refractivity contribution in [3.63, 3.8) is 0 Å². The van der Waals surface area contributed by atoms with Crippen molar-refractivity contribution in [2.75, 3.05) is 14.2 Å². The van der Waals surface area contributed by atoms with Crippen LogP contribution in [0.1, 0.15) is 11.1 Å². The number of cyclic esters (lactones) is 1. The Kier molecular flexibility index (Phi) is 6.63. The number of nitrogens with zero attached hydrogens (tertiary/aromatic N) is 1. The fourth-order valence-electron chi connectivity index (χ4n) is 2.70. The summed E-state index contributed by atoms with van der Waals surface area (Å²) in [6, 6.07) is 8.19. The number of ether oxygens (including phenoxy) is 5. The lowest BCUT2D eigenvalue weighted by Gasteiger charge is -2.12. The number of methoxy groups -OCH3 is 2. The number of alkyl halides is 4. The van der Waals surface area contributed by atoms with Gasteiger partial charge in [0.05, 0.1) is 14.2 Å². The Morgan fingerprint density at radius 2 is 1.65 bits per heavy atom. The van der Waals surface area contributed by atoms with Crippen LogP contribution in [0.2, 0.25) is 0 Å². The third kappa shape index (κ3) is 5.05. The second-order valence-corrected chi connectivity index (χ2v) is 5.84. The summed E-state index contributed by atoms with van der Waals surface area (Å²) < 4.78 is 74.5. The minimum Gasteiger partial charge on any atom is -0.493 e. The molecule has 0 aromatic heterocycles. The van der Waals surface area contributed by atoms with E-state index in [1.807, 2.05) is 0 Å². The molecule has 1 heterocycles. The number of carbonyl (C=O) groups is 1. The number of rotatable bonds is 8. The van der Waals surface area contributed by atoms with Gasteiger partial charge in [0.15, 0.2) is 28.7 Å². The van der Waals surface area contributed by atoms with Gasteiger partial charge in [0.25, 0.3) is 0 Å². The lowest BCUT2D eigenvalue weighted by atomic mass is 10.1. The quantitative estimate of drug-likeness (QED) is 0.346. The molecule has 0 amide bonds. The SMILES string of the molecule is COc1cc(C2=NC(=Cc3cccc(OC)c3OC(F)F)C(=O)O2)ccc1OC(F)F. The highest BCUT2D eigenvalue weighted by atomic mass is 19.3. The van der Waals surface area contributed by atoms with E-state index in [4.69, 9.17) is 14.2 Å². The van der Waals surface area contributed by atoms with E-state index in [0.29, 0.717) is 0 Å². The lowest BCUT2D eigenvalue weighted by molar-refractivity contribution is -0.129. The van der Waals surface area contributed by atoms with Crippen LogP contribution in [-0.2, 0) is 9.53 Å². The molecule has 3 rings (SSSR count). The minimum absolute atomic E-state index is 0.0320. The van der Waals surface area contributed by atoms with Gasteiger partial charge in [-0.05, 0) is 30.3 Å². The molecule has 0 unspecified atom stereocenters. The minimum atomic E-state index is -3.12. The van der Waals surface area contributed by atoms with Crippen LogP contribution in [0.25, 0.3) is 6.08 Å². The number of benzene rings is 2. The summed E-state index contributed by atoms with van der Waals surface area (Å²) >= 11 is 0. The second kappa shape index (κ2) is 9.37. The normalized spacial score (nSPS) is 14.6. The number of para-hydroxylation sites is 1. The summed E-state index contributed by atoms with van der Waals surface area (Å²) in [4.78, 5) is 16.3. The van der Waals surface area contributed by atoms with Gasteiger partial charge in [-0.3, -0.25) is 0 Å². The van der Waals surface area contributed by atoms with Crippen molar-refractivity contribution in [3.8, 4) is 23.0 Å². The molecule has 0 atom stereocenters. The molecule has 0 radical (unpaired) electrons. The molecule has 164 valence electrons. The van der Waals surface area contributed by atoms with E-state index in [1.54, 1.807) is 0 Å². The molecule has 0 saturated carbocycles. The molecule has 31 heavy (non-hydrogen) atoms. The van der Waals surface area contributed by atoms with Crippen LogP contribution in [0.5, 0.6) is 23.0 Å². The molecule has 1 aliphatic heterocycles. The molecule has 2 aromatic rings. The molecule has 0 fully saturated rings. The maximum atomic E-state index is 12.8. The van der Waals surface area contributed by atoms with Crippen LogP contribution in [0, 0.1) is 0 Å². The van der Waals surface area contributed by atoms with Crippen molar-refractivity contribution in [3.05, 3.63) is 53.2 Å². The monoisotopic (exact) mass is 441 g/mol. The van der Waals surface area contributed by atoms with Gasteiger partial charge in [-0.1, -0.05) is 12.1 Å². The Morgan fingerprint density at radius 3 is 2.29 bits per heavy atom. The Bertz CT molecular complexity index is 1040. The Hall–Kier alpha value is -3.76.